The van der Waals surface area contributed by atoms with Gasteiger partial charge in [0.15, 0.2) is 0 Å². The molecule has 3 rings (SSSR count). The number of nitrogens with zero attached hydrogens (tertiary/aromatic N) is 3. The normalized spacial score (nSPS) is 12.3. The summed E-state index contributed by atoms with van der Waals surface area (Å²) in [6.45, 7) is 1.97. The highest BCUT2D eigenvalue weighted by Gasteiger charge is 2.06. The number of hydrogen-bond donors (Lipinski definition) is 1. The Bertz CT molecular complexity index is 996. The Morgan fingerprint density at radius 3 is 2.93 bits per heavy atom. The molecule has 2 heterocycles. The van der Waals surface area contributed by atoms with Crippen molar-refractivity contribution < 1.29 is 4.79 Å². The Kier molecular flexibility index (Phi) is 6.10. The first-order chi connectivity index (χ1) is 13.1. The molecular weight excluding hydrogens is 340 g/mol. The average molecular weight is 362 g/mol. The summed E-state index contributed by atoms with van der Waals surface area (Å²) in [5.41, 5.74) is 1.63. The fraction of sp³-hybridized carbons (Fsp3) is 0.238. The number of carbonyl (C=O) groups is 1. The summed E-state index contributed by atoms with van der Waals surface area (Å²) in [7, 11) is 0. The largest absolute Gasteiger partial charge is 0.350 e. The van der Waals surface area contributed by atoms with Gasteiger partial charge in [-0.2, -0.15) is 0 Å². The molecule has 1 N–H and O–H groups in total. The van der Waals surface area contributed by atoms with E-state index in [1.165, 1.54) is 28.7 Å². The zero-order chi connectivity index (χ0) is 19.1. The number of amides is 1. The minimum atomic E-state index is -0.232. The van der Waals surface area contributed by atoms with Gasteiger partial charge in [0.2, 0.25) is 5.91 Å². The third kappa shape index (κ3) is 5.10. The second kappa shape index (κ2) is 8.89. The van der Waals surface area contributed by atoms with Crippen LogP contribution in [0.15, 0.2) is 66.0 Å². The second-order valence-corrected chi connectivity index (χ2v) is 6.45. The number of fused-ring (bicyclic) bond motifs is 1. The van der Waals surface area contributed by atoms with Crippen molar-refractivity contribution in [3.8, 4) is 0 Å². The lowest BCUT2D eigenvalue weighted by Gasteiger charge is -2.12. The SMILES string of the molecule is CC(CCCc1cccnc1)NC(=O)/C=C/n1cnc2ccccc2c1=O. The number of aryl methyl sites for hydroxylation is 1. The molecular formula is C21H22N4O2. The third-order valence-electron chi connectivity index (χ3n) is 4.29. The molecule has 2 aromatic heterocycles. The monoisotopic (exact) mass is 362 g/mol. The molecule has 0 fully saturated rings. The molecule has 0 saturated heterocycles. The van der Waals surface area contributed by atoms with Gasteiger partial charge in [-0.1, -0.05) is 18.2 Å². The van der Waals surface area contributed by atoms with Crippen LogP contribution in [0.2, 0.25) is 0 Å². The van der Waals surface area contributed by atoms with Gasteiger partial charge < -0.3 is 5.32 Å². The Hall–Kier alpha value is -3.28. The van der Waals surface area contributed by atoms with E-state index in [1.807, 2.05) is 31.3 Å². The molecule has 0 radical (unpaired) electrons. The number of benzene rings is 1. The molecule has 0 spiro atoms. The molecule has 0 aliphatic heterocycles. The molecule has 1 atom stereocenters. The Balaban J connectivity index is 1.52. The van der Waals surface area contributed by atoms with Crippen molar-refractivity contribution in [1.82, 2.24) is 19.9 Å². The van der Waals surface area contributed by atoms with Crippen molar-refractivity contribution in [3.63, 3.8) is 0 Å². The highest BCUT2D eigenvalue weighted by Crippen LogP contribution is 2.06. The maximum absolute atomic E-state index is 12.4. The van der Waals surface area contributed by atoms with Gasteiger partial charge in [0.1, 0.15) is 6.33 Å². The zero-order valence-corrected chi connectivity index (χ0v) is 15.2. The van der Waals surface area contributed by atoms with Gasteiger partial charge in [0, 0.05) is 30.7 Å². The van der Waals surface area contributed by atoms with Crippen molar-refractivity contribution in [1.29, 1.82) is 0 Å². The van der Waals surface area contributed by atoms with Gasteiger partial charge in [-0.3, -0.25) is 19.1 Å². The van der Waals surface area contributed by atoms with Gasteiger partial charge in [-0.15, -0.1) is 0 Å². The molecule has 6 nitrogen and oxygen atoms in total. The van der Waals surface area contributed by atoms with Gasteiger partial charge in [-0.05, 0) is 49.9 Å². The van der Waals surface area contributed by atoms with Crippen molar-refractivity contribution in [2.45, 2.75) is 32.2 Å². The van der Waals surface area contributed by atoms with E-state index in [4.69, 9.17) is 0 Å². The van der Waals surface area contributed by atoms with Crippen LogP contribution in [0.1, 0.15) is 25.3 Å². The fourth-order valence-electron chi connectivity index (χ4n) is 2.86. The summed E-state index contributed by atoms with van der Waals surface area (Å²) < 4.78 is 1.31. The molecule has 1 amide bonds. The maximum Gasteiger partial charge on any atom is 0.265 e. The van der Waals surface area contributed by atoms with Crippen LogP contribution >= 0.6 is 0 Å². The van der Waals surface area contributed by atoms with Crippen molar-refractivity contribution in [2.75, 3.05) is 0 Å². The molecule has 0 aliphatic carbocycles. The van der Waals surface area contributed by atoms with Crippen molar-refractivity contribution >= 4 is 23.0 Å². The molecule has 0 aliphatic rings. The van der Waals surface area contributed by atoms with Crippen LogP contribution in [-0.4, -0.2) is 26.5 Å². The van der Waals surface area contributed by atoms with E-state index >= 15 is 0 Å². The minimum absolute atomic E-state index is 0.0465. The number of para-hydroxylation sites is 1. The van der Waals surface area contributed by atoms with Crippen LogP contribution in [-0.2, 0) is 11.2 Å². The summed E-state index contributed by atoms with van der Waals surface area (Å²) in [4.78, 5) is 32.8. The van der Waals surface area contributed by atoms with Crippen molar-refractivity contribution in [3.05, 3.63) is 77.1 Å². The van der Waals surface area contributed by atoms with E-state index in [-0.39, 0.29) is 17.5 Å². The highest BCUT2D eigenvalue weighted by molar-refractivity contribution is 5.90. The summed E-state index contributed by atoms with van der Waals surface area (Å²) in [6.07, 6.45) is 10.6. The van der Waals surface area contributed by atoms with Crippen molar-refractivity contribution in [2.24, 2.45) is 0 Å². The quantitative estimate of drug-likeness (QED) is 0.656. The number of pyridine rings is 1. The molecule has 27 heavy (non-hydrogen) atoms. The first-order valence-corrected chi connectivity index (χ1v) is 8.97. The van der Waals surface area contributed by atoms with Gasteiger partial charge >= 0.3 is 0 Å². The standard InChI is InChI=1S/C21H22N4O2/c1-16(6-4-7-17-8-5-12-22-14-17)24-20(26)11-13-25-15-23-19-10-3-2-9-18(19)21(25)27/h2-3,5,8-16H,4,6-7H2,1H3,(H,24,26)/b13-11+. The van der Waals surface area contributed by atoms with E-state index in [2.05, 4.69) is 15.3 Å². The topological polar surface area (TPSA) is 76.9 Å². The summed E-state index contributed by atoms with van der Waals surface area (Å²) in [6, 6.07) is 11.1. The molecule has 0 bridgehead atoms. The molecule has 138 valence electrons. The van der Waals surface area contributed by atoms with E-state index in [9.17, 15) is 9.59 Å². The number of nitrogens with one attached hydrogen (secondary N) is 1. The van der Waals surface area contributed by atoms with Crippen LogP contribution in [0, 0.1) is 0 Å². The lowest BCUT2D eigenvalue weighted by Crippen LogP contribution is -2.31. The molecule has 1 aromatic carbocycles. The summed E-state index contributed by atoms with van der Waals surface area (Å²) >= 11 is 0. The Morgan fingerprint density at radius 2 is 2.11 bits per heavy atom. The maximum atomic E-state index is 12.4. The number of rotatable bonds is 7. The molecule has 0 saturated carbocycles. The predicted molar refractivity (Wildman–Crippen MR) is 106 cm³/mol. The van der Waals surface area contributed by atoms with Crippen LogP contribution in [0.25, 0.3) is 17.1 Å². The summed E-state index contributed by atoms with van der Waals surface area (Å²) in [5, 5.41) is 3.44. The van der Waals surface area contributed by atoms with Crippen LogP contribution < -0.4 is 10.9 Å². The molecule has 3 aromatic rings. The number of carbonyl (C=O) groups excluding carboxylic acids is 1. The second-order valence-electron chi connectivity index (χ2n) is 6.45. The molecule has 6 heteroatoms. The van der Waals surface area contributed by atoms with E-state index in [0.717, 1.165) is 19.3 Å². The van der Waals surface area contributed by atoms with Crippen LogP contribution in [0.4, 0.5) is 0 Å². The Labute approximate surface area is 157 Å². The lowest BCUT2D eigenvalue weighted by atomic mass is 10.1. The fourth-order valence-corrected chi connectivity index (χ4v) is 2.86. The summed E-state index contributed by atoms with van der Waals surface area (Å²) in [5.74, 6) is -0.232. The van der Waals surface area contributed by atoms with Gasteiger partial charge in [0.25, 0.3) is 5.56 Å². The predicted octanol–water partition coefficient (Wildman–Crippen LogP) is 2.79. The van der Waals surface area contributed by atoms with Gasteiger partial charge in [-0.25, -0.2) is 4.98 Å². The van der Waals surface area contributed by atoms with Gasteiger partial charge in [0.05, 0.1) is 10.9 Å². The molecule has 1 unspecified atom stereocenters. The van der Waals surface area contributed by atoms with Crippen LogP contribution in [0.5, 0.6) is 0 Å². The Morgan fingerprint density at radius 1 is 1.26 bits per heavy atom. The first-order valence-electron chi connectivity index (χ1n) is 8.97. The minimum Gasteiger partial charge on any atom is -0.350 e. The number of aromatic nitrogens is 3. The van der Waals surface area contributed by atoms with E-state index < -0.39 is 0 Å². The lowest BCUT2D eigenvalue weighted by molar-refractivity contribution is -0.117. The first kappa shape index (κ1) is 18.5. The smallest absolute Gasteiger partial charge is 0.265 e. The van der Waals surface area contributed by atoms with E-state index in [1.54, 1.807) is 24.4 Å². The number of hydrogen-bond acceptors (Lipinski definition) is 4. The zero-order valence-electron chi connectivity index (χ0n) is 15.2. The highest BCUT2D eigenvalue weighted by atomic mass is 16.1. The van der Waals surface area contributed by atoms with Crippen LogP contribution in [0.3, 0.4) is 0 Å². The average Bonchev–Trinajstić information content (AvgIpc) is 2.68. The van der Waals surface area contributed by atoms with E-state index in [0.29, 0.717) is 10.9 Å². The third-order valence-corrected chi connectivity index (χ3v) is 4.29.